The summed E-state index contributed by atoms with van der Waals surface area (Å²) in [7, 11) is 0. The summed E-state index contributed by atoms with van der Waals surface area (Å²) >= 11 is 0. The first-order valence-corrected chi connectivity index (χ1v) is 3.31. The maximum absolute atomic E-state index is 10.7. The summed E-state index contributed by atoms with van der Waals surface area (Å²) in [5, 5.41) is 18.3. The average Bonchev–Trinajstić information content (AvgIpc) is 1.84. The highest BCUT2D eigenvalue weighted by molar-refractivity contribution is 5.71. The number of esters is 1. The van der Waals surface area contributed by atoms with Gasteiger partial charge in [0.05, 0.1) is 12.5 Å². The van der Waals surface area contributed by atoms with Crippen LogP contribution in [0.2, 0.25) is 0 Å². The van der Waals surface area contributed by atoms with Gasteiger partial charge in [0, 0.05) is 6.42 Å². The summed E-state index contributed by atoms with van der Waals surface area (Å²) in [4.78, 5) is 10.7. The van der Waals surface area contributed by atoms with Crippen molar-refractivity contribution in [3.05, 3.63) is 12.7 Å². The van der Waals surface area contributed by atoms with Crippen molar-refractivity contribution in [2.24, 2.45) is 0 Å². The number of aliphatic hydroxyl groups is 2. The van der Waals surface area contributed by atoms with E-state index in [2.05, 4.69) is 11.3 Å². The molecule has 2 N–H and O–H groups in total. The Bertz CT molecular complexity index is 189. The summed E-state index contributed by atoms with van der Waals surface area (Å²) in [6.07, 6.45) is 0.213. The third-order valence-corrected chi connectivity index (χ3v) is 1.54. The monoisotopic (exact) mass is 158 g/mol. The van der Waals surface area contributed by atoms with Gasteiger partial charge in [0.1, 0.15) is 0 Å². The summed E-state index contributed by atoms with van der Waals surface area (Å²) in [6, 6.07) is 0. The molecule has 1 aliphatic heterocycles. The molecule has 11 heavy (non-hydrogen) atoms. The number of rotatable bonds is 1. The molecule has 1 aliphatic rings. The molecule has 0 aromatic carbocycles. The molecule has 0 spiro atoms. The first-order chi connectivity index (χ1) is 5.06. The molecule has 2 atom stereocenters. The van der Waals surface area contributed by atoms with Crippen LogP contribution in [-0.4, -0.2) is 28.1 Å². The number of cyclic esters (lactones) is 1. The highest BCUT2D eigenvalue weighted by Gasteiger charge is 2.36. The maximum atomic E-state index is 10.7. The van der Waals surface area contributed by atoms with Gasteiger partial charge in [-0.05, 0) is 6.08 Å². The molecule has 0 amide bonds. The number of carbonyl (C=O) groups is 1. The van der Waals surface area contributed by atoms with Crippen molar-refractivity contribution in [3.63, 3.8) is 0 Å². The molecule has 0 aromatic rings. The first kappa shape index (κ1) is 8.23. The molecular weight excluding hydrogens is 148 g/mol. The van der Waals surface area contributed by atoms with Gasteiger partial charge in [-0.3, -0.25) is 4.79 Å². The zero-order valence-electron chi connectivity index (χ0n) is 5.99. The van der Waals surface area contributed by atoms with Crippen molar-refractivity contribution in [1.82, 2.24) is 0 Å². The Kier molecular flexibility index (Phi) is 1.97. The zero-order valence-corrected chi connectivity index (χ0v) is 5.99. The fourth-order valence-corrected chi connectivity index (χ4v) is 1.01. The van der Waals surface area contributed by atoms with E-state index in [9.17, 15) is 9.90 Å². The molecule has 0 radical (unpaired) electrons. The number of carbonyl (C=O) groups excluding carboxylic acids is 1. The van der Waals surface area contributed by atoms with Crippen LogP contribution < -0.4 is 0 Å². The Labute approximate surface area is 64.1 Å². The summed E-state index contributed by atoms with van der Waals surface area (Å²) in [5.74, 6) is -2.28. The molecule has 1 saturated heterocycles. The van der Waals surface area contributed by atoms with Crippen LogP contribution in [-0.2, 0) is 9.53 Å². The van der Waals surface area contributed by atoms with Crippen LogP contribution in [0.1, 0.15) is 12.8 Å². The second-order valence-electron chi connectivity index (χ2n) is 2.59. The van der Waals surface area contributed by atoms with E-state index < -0.39 is 17.9 Å². The van der Waals surface area contributed by atoms with Gasteiger partial charge in [-0.15, -0.1) is 0 Å². The predicted octanol–water partition coefficient (Wildman–Crippen LogP) is -0.441. The summed E-state index contributed by atoms with van der Waals surface area (Å²) in [5.41, 5.74) is 0. The molecule has 0 saturated carbocycles. The lowest BCUT2D eigenvalue weighted by Gasteiger charge is -2.30. The molecule has 1 rings (SSSR count). The second kappa shape index (κ2) is 2.64. The average molecular weight is 158 g/mol. The topological polar surface area (TPSA) is 66.8 Å². The maximum Gasteiger partial charge on any atom is 0.311 e. The molecule has 1 fully saturated rings. The number of hydrogen-bond donors (Lipinski definition) is 2. The minimum absolute atomic E-state index is 0.00222. The van der Waals surface area contributed by atoms with Crippen LogP contribution in [0.5, 0.6) is 0 Å². The van der Waals surface area contributed by atoms with E-state index in [1.54, 1.807) is 0 Å². The second-order valence-corrected chi connectivity index (χ2v) is 2.59. The highest BCUT2D eigenvalue weighted by Crippen LogP contribution is 2.23. The lowest BCUT2D eigenvalue weighted by molar-refractivity contribution is -0.214. The van der Waals surface area contributed by atoms with Crippen molar-refractivity contribution in [2.75, 3.05) is 0 Å². The van der Waals surface area contributed by atoms with Crippen molar-refractivity contribution in [3.8, 4) is 0 Å². The molecule has 0 aromatic heterocycles. The van der Waals surface area contributed by atoms with E-state index in [1.807, 2.05) is 0 Å². The fourth-order valence-electron chi connectivity index (χ4n) is 1.01. The van der Waals surface area contributed by atoms with E-state index >= 15 is 0 Å². The molecule has 0 bridgehead atoms. The lowest BCUT2D eigenvalue weighted by atomic mass is 10.0. The van der Waals surface area contributed by atoms with E-state index in [4.69, 9.17) is 5.11 Å². The minimum atomic E-state index is -1.67. The summed E-state index contributed by atoms with van der Waals surface area (Å²) in [6.45, 7) is 3.29. The number of ether oxygens (including phenoxy) is 1. The van der Waals surface area contributed by atoms with Crippen molar-refractivity contribution >= 4 is 5.97 Å². The lowest BCUT2D eigenvalue weighted by Crippen LogP contribution is -2.42. The Morgan fingerprint density at radius 2 is 2.45 bits per heavy atom. The van der Waals surface area contributed by atoms with Gasteiger partial charge >= 0.3 is 5.97 Å². The predicted molar refractivity (Wildman–Crippen MR) is 36.5 cm³/mol. The van der Waals surface area contributed by atoms with Gasteiger partial charge in [0.15, 0.2) is 0 Å². The summed E-state index contributed by atoms with van der Waals surface area (Å²) < 4.78 is 4.53. The van der Waals surface area contributed by atoms with E-state index in [0.29, 0.717) is 0 Å². The molecule has 4 nitrogen and oxygen atoms in total. The third-order valence-electron chi connectivity index (χ3n) is 1.54. The molecule has 62 valence electrons. The van der Waals surface area contributed by atoms with Crippen LogP contribution in [0.25, 0.3) is 0 Å². The van der Waals surface area contributed by atoms with E-state index in [-0.39, 0.29) is 12.8 Å². The quantitative estimate of drug-likeness (QED) is 0.401. The normalized spacial score (nSPS) is 38.0. The van der Waals surface area contributed by atoms with E-state index in [0.717, 1.165) is 6.08 Å². The van der Waals surface area contributed by atoms with Gasteiger partial charge in [0.2, 0.25) is 5.79 Å². The SMILES string of the molecule is C=C[C@@]1(O)C[C@H](O)CC(=O)O1. The molecule has 0 aliphatic carbocycles. The smallest absolute Gasteiger partial charge is 0.311 e. The van der Waals surface area contributed by atoms with Crippen LogP contribution in [0.4, 0.5) is 0 Å². The molecular formula is C7H10O4. The van der Waals surface area contributed by atoms with Gasteiger partial charge in [-0.1, -0.05) is 6.58 Å². The van der Waals surface area contributed by atoms with Crippen LogP contribution in [0.3, 0.4) is 0 Å². The van der Waals surface area contributed by atoms with Crippen LogP contribution in [0.15, 0.2) is 12.7 Å². The molecule has 0 unspecified atom stereocenters. The van der Waals surface area contributed by atoms with E-state index in [1.165, 1.54) is 0 Å². The first-order valence-electron chi connectivity index (χ1n) is 3.31. The Morgan fingerprint density at radius 3 is 2.91 bits per heavy atom. The number of aliphatic hydroxyl groups excluding tert-OH is 1. The van der Waals surface area contributed by atoms with Crippen LogP contribution >= 0.6 is 0 Å². The van der Waals surface area contributed by atoms with Gasteiger partial charge < -0.3 is 14.9 Å². The number of hydrogen-bond acceptors (Lipinski definition) is 4. The molecule has 4 heteroatoms. The zero-order chi connectivity index (χ0) is 8.48. The van der Waals surface area contributed by atoms with Crippen molar-refractivity contribution in [1.29, 1.82) is 0 Å². The highest BCUT2D eigenvalue weighted by atomic mass is 16.7. The third kappa shape index (κ3) is 1.78. The largest absolute Gasteiger partial charge is 0.429 e. The van der Waals surface area contributed by atoms with Crippen LogP contribution in [0, 0.1) is 0 Å². The van der Waals surface area contributed by atoms with Gasteiger partial charge in [0.25, 0.3) is 0 Å². The Morgan fingerprint density at radius 1 is 1.82 bits per heavy atom. The Balaban J connectivity index is 2.70. The van der Waals surface area contributed by atoms with Gasteiger partial charge in [-0.25, -0.2) is 0 Å². The van der Waals surface area contributed by atoms with Crippen molar-refractivity contribution in [2.45, 2.75) is 24.7 Å². The van der Waals surface area contributed by atoms with Crippen molar-refractivity contribution < 1.29 is 19.7 Å². The molecule has 1 heterocycles. The Hall–Kier alpha value is -0.870. The minimum Gasteiger partial charge on any atom is -0.429 e. The standard InChI is InChI=1S/C7H10O4/c1-2-7(10)4-5(8)3-6(9)11-7/h2,5,8,10H,1,3-4H2/t5-,7+/m1/s1. The fraction of sp³-hybridized carbons (Fsp3) is 0.571. The van der Waals surface area contributed by atoms with Gasteiger partial charge in [-0.2, -0.15) is 0 Å².